The number of rotatable bonds is 8. The van der Waals surface area contributed by atoms with E-state index in [4.69, 9.17) is 21.1 Å². The van der Waals surface area contributed by atoms with Crippen LogP contribution in [-0.2, 0) is 26.2 Å². The second kappa shape index (κ2) is 10.2. The fourth-order valence-electron chi connectivity index (χ4n) is 3.43. The van der Waals surface area contributed by atoms with Crippen molar-refractivity contribution in [3.05, 3.63) is 89.4 Å². The molecule has 0 saturated carbocycles. The molecule has 1 N–H and O–H groups in total. The molecule has 0 unspecified atom stereocenters. The molecule has 9 heteroatoms. The van der Waals surface area contributed by atoms with E-state index in [9.17, 15) is 13.2 Å². The first kappa shape index (κ1) is 23.1. The number of benzene rings is 3. The summed E-state index contributed by atoms with van der Waals surface area (Å²) in [6.45, 7) is 0.838. The van der Waals surface area contributed by atoms with E-state index >= 15 is 0 Å². The molecule has 1 aliphatic rings. The van der Waals surface area contributed by atoms with Crippen LogP contribution in [-0.4, -0.2) is 40.1 Å². The molecular weight excluding hydrogens is 464 g/mol. The summed E-state index contributed by atoms with van der Waals surface area (Å²) in [6, 6.07) is 22.4. The predicted octanol–water partition coefficient (Wildman–Crippen LogP) is 3.63. The third-order valence-corrected chi connectivity index (χ3v) is 7.10. The van der Waals surface area contributed by atoms with E-state index in [1.165, 1.54) is 22.5 Å². The lowest BCUT2D eigenvalue weighted by Crippen LogP contribution is -2.51. The third kappa shape index (κ3) is 5.47. The van der Waals surface area contributed by atoms with Crippen LogP contribution >= 0.6 is 11.6 Å². The summed E-state index contributed by atoms with van der Waals surface area (Å²) in [7, 11) is -3.93. The van der Waals surface area contributed by atoms with Crippen LogP contribution in [0.1, 0.15) is 5.56 Å². The highest BCUT2D eigenvalue weighted by atomic mass is 35.5. The number of nitrogens with zero attached hydrogens (tertiary/aromatic N) is 1. The van der Waals surface area contributed by atoms with Crippen LogP contribution in [0.2, 0.25) is 5.02 Å². The number of hydrogen-bond acceptors (Lipinski definition) is 5. The number of anilines is 1. The van der Waals surface area contributed by atoms with Crippen molar-refractivity contribution in [2.75, 3.05) is 24.0 Å². The van der Waals surface area contributed by atoms with E-state index in [1.54, 1.807) is 30.3 Å². The molecule has 3 aromatic carbocycles. The Morgan fingerprint density at radius 2 is 1.76 bits per heavy atom. The summed E-state index contributed by atoms with van der Waals surface area (Å²) in [5, 5.41) is 3.12. The van der Waals surface area contributed by atoms with Gasteiger partial charge in [-0.2, -0.15) is 0 Å². The van der Waals surface area contributed by atoms with Crippen LogP contribution in [0.5, 0.6) is 5.75 Å². The fourth-order valence-corrected chi connectivity index (χ4v) is 5.09. The van der Waals surface area contributed by atoms with Crippen molar-refractivity contribution < 1.29 is 22.7 Å². The molecule has 33 heavy (non-hydrogen) atoms. The van der Waals surface area contributed by atoms with Gasteiger partial charge in [-0.3, -0.25) is 9.10 Å². The number of hydrogen-bond donors (Lipinski definition) is 1. The minimum atomic E-state index is -3.93. The van der Waals surface area contributed by atoms with E-state index in [2.05, 4.69) is 5.32 Å². The molecule has 0 fully saturated rings. The molecule has 0 saturated heterocycles. The molecule has 0 aromatic heterocycles. The van der Waals surface area contributed by atoms with Crippen LogP contribution in [0.4, 0.5) is 5.69 Å². The molecule has 1 atom stereocenters. The molecule has 7 nitrogen and oxygen atoms in total. The number of nitrogens with one attached hydrogen (secondary N) is 1. The number of ether oxygens (including phenoxy) is 2. The zero-order valence-corrected chi connectivity index (χ0v) is 19.3. The molecule has 1 amide bonds. The van der Waals surface area contributed by atoms with Crippen molar-refractivity contribution in [2.45, 2.75) is 17.6 Å². The van der Waals surface area contributed by atoms with Gasteiger partial charge in [-0.25, -0.2) is 8.42 Å². The lowest BCUT2D eigenvalue weighted by molar-refractivity contribution is -0.128. The van der Waals surface area contributed by atoms with Crippen molar-refractivity contribution in [3.8, 4) is 5.75 Å². The van der Waals surface area contributed by atoms with E-state index in [0.29, 0.717) is 23.9 Å². The van der Waals surface area contributed by atoms with Gasteiger partial charge in [0.25, 0.3) is 15.9 Å². The van der Waals surface area contributed by atoms with Gasteiger partial charge in [0.05, 0.1) is 30.3 Å². The van der Waals surface area contributed by atoms with Gasteiger partial charge in [-0.1, -0.05) is 60.1 Å². The van der Waals surface area contributed by atoms with Gasteiger partial charge in [0, 0.05) is 11.6 Å². The Labute approximate surface area is 197 Å². The summed E-state index contributed by atoms with van der Waals surface area (Å²) in [5.41, 5.74) is 1.33. The average molecular weight is 487 g/mol. The van der Waals surface area contributed by atoms with E-state index < -0.39 is 22.0 Å². The fraction of sp³-hybridized carbons (Fsp3) is 0.208. The number of amides is 1. The molecule has 0 radical (unpaired) electrons. The lowest BCUT2D eigenvalue weighted by atomic mass is 10.2. The third-order valence-electron chi connectivity index (χ3n) is 5.07. The second-order valence-corrected chi connectivity index (χ2v) is 9.70. The van der Waals surface area contributed by atoms with Gasteiger partial charge in [0.15, 0.2) is 6.10 Å². The topological polar surface area (TPSA) is 84.9 Å². The summed E-state index contributed by atoms with van der Waals surface area (Å²) in [5.74, 6) is -0.155. The summed E-state index contributed by atoms with van der Waals surface area (Å²) in [4.78, 5) is 12.9. The minimum Gasteiger partial charge on any atom is -0.476 e. The van der Waals surface area contributed by atoms with Crippen molar-refractivity contribution in [1.29, 1.82) is 0 Å². The largest absolute Gasteiger partial charge is 0.476 e. The average Bonchev–Trinajstić information content (AvgIpc) is 2.84. The minimum absolute atomic E-state index is 0.117. The van der Waals surface area contributed by atoms with E-state index in [1.807, 2.05) is 30.3 Å². The first-order chi connectivity index (χ1) is 15.9. The highest BCUT2D eigenvalue weighted by Gasteiger charge is 2.37. The standard InChI is InChI=1S/C24H23ClN2O5S/c25-19-11-12-22-21(15-19)27(33(29,30)20-9-5-2-6-10-20)16-23(32-22)24(28)26-13-14-31-17-18-7-3-1-4-8-18/h1-12,15,23H,13-14,16-17H2,(H,26,28)/t23-/m1/s1. The number of carbonyl (C=O) groups excluding carboxylic acids is 1. The van der Waals surface area contributed by atoms with E-state index in [-0.39, 0.29) is 23.7 Å². The molecule has 4 rings (SSSR count). The van der Waals surface area contributed by atoms with Crippen LogP contribution in [0.15, 0.2) is 83.8 Å². The Bertz CT molecular complexity index is 1210. The monoisotopic (exact) mass is 486 g/mol. The Morgan fingerprint density at radius 1 is 1.06 bits per heavy atom. The maximum absolute atomic E-state index is 13.3. The number of fused-ring (bicyclic) bond motifs is 1. The quantitative estimate of drug-likeness (QED) is 0.491. The highest BCUT2D eigenvalue weighted by molar-refractivity contribution is 7.92. The van der Waals surface area contributed by atoms with Gasteiger partial charge in [0.2, 0.25) is 0 Å². The van der Waals surface area contributed by atoms with E-state index in [0.717, 1.165) is 5.56 Å². The summed E-state index contributed by atoms with van der Waals surface area (Å²) in [6.07, 6.45) is -1.02. The number of sulfonamides is 1. The van der Waals surface area contributed by atoms with Crippen molar-refractivity contribution in [3.63, 3.8) is 0 Å². The zero-order chi connectivity index (χ0) is 23.3. The first-order valence-corrected chi connectivity index (χ1v) is 12.2. The molecule has 0 bridgehead atoms. The Morgan fingerprint density at radius 3 is 2.48 bits per heavy atom. The first-order valence-electron chi connectivity index (χ1n) is 10.4. The molecule has 0 aliphatic carbocycles. The molecule has 3 aromatic rings. The van der Waals surface area contributed by atoms with Crippen molar-refractivity contribution in [1.82, 2.24) is 5.32 Å². The van der Waals surface area contributed by atoms with Crippen molar-refractivity contribution in [2.24, 2.45) is 0 Å². The number of carbonyl (C=O) groups is 1. The number of halogens is 1. The molecule has 1 heterocycles. The van der Waals surface area contributed by atoms with Gasteiger partial charge in [-0.05, 0) is 35.9 Å². The Hall–Kier alpha value is -3.07. The molecule has 1 aliphatic heterocycles. The Balaban J connectivity index is 1.44. The molecular formula is C24H23ClN2O5S. The van der Waals surface area contributed by atoms with Crippen LogP contribution in [0, 0.1) is 0 Å². The van der Waals surface area contributed by atoms with Gasteiger partial charge >= 0.3 is 0 Å². The summed E-state index contributed by atoms with van der Waals surface area (Å²) < 4.78 is 39.3. The maximum Gasteiger partial charge on any atom is 0.264 e. The van der Waals surface area contributed by atoms with Gasteiger partial charge in [0.1, 0.15) is 5.75 Å². The predicted molar refractivity (Wildman–Crippen MR) is 126 cm³/mol. The Kier molecular flexibility index (Phi) is 7.17. The maximum atomic E-state index is 13.3. The van der Waals surface area contributed by atoms with Gasteiger partial charge in [-0.15, -0.1) is 0 Å². The molecule has 0 spiro atoms. The van der Waals surface area contributed by atoms with Crippen LogP contribution in [0.3, 0.4) is 0 Å². The van der Waals surface area contributed by atoms with Crippen LogP contribution in [0.25, 0.3) is 0 Å². The second-order valence-electron chi connectivity index (χ2n) is 7.40. The zero-order valence-electron chi connectivity index (χ0n) is 17.7. The molecule has 172 valence electrons. The smallest absolute Gasteiger partial charge is 0.264 e. The van der Waals surface area contributed by atoms with Gasteiger partial charge < -0.3 is 14.8 Å². The van der Waals surface area contributed by atoms with Crippen LogP contribution < -0.4 is 14.4 Å². The summed E-state index contributed by atoms with van der Waals surface area (Å²) >= 11 is 6.11. The lowest BCUT2D eigenvalue weighted by Gasteiger charge is -2.34. The van der Waals surface area contributed by atoms with Crippen molar-refractivity contribution >= 4 is 33.2 Å². The highest BCUT2D eigenvalue weighted by Crippen LogP contribution is 2.38. The normalized spacial score (nSPS) is 15.4. The SMILES string of the molecule is O=C(NCCOCc1ccccc1)[C@H]1CN(S(=O)(=O)c2ccccc2)c2cc(Cl)ccc2O1.